The normalized spacial score (nSPS) is 11.1. The Bertz CT molecular complexity index is 1220. The van der Waals surface area contributed by atoms with Crippen LogP contribution in [0, 0.1) is 6.92 Å². The van der Waals surface area contributed by atoms with Crippen LogP contribution in [0.1, 0.15) is 5.56 Å². The summed E-state index contributed by atoms with van der Waals surface area (Å²) in [6, 6.07) is 11.4. The third-order valence-electron chi connectivity index (χ3n) is 4.72. The van der Waals surface area contributed by atoms with Crippen LogP contribution in [0.5, 0.6) is 17.2 Å². The van der Waals surface area contributed by atoms with Crippen LogP contribution in [0.4, 0.5) is 0 Å². The van der Waals surface area contributed by atoms with E-state index in [9.17, 15) is 4.79 Å². The highest BCUT2D eigenvalue weighted by Gasteiger charge is 2.15. The lowest BCUT2D eigenvalue weighted by Gasteiger charge is -2.14. The molecule has 138 valence electrons. The number of hydrogen-bond donors (Lipinski definition) is 1. The minimum absolute atomic E-state index is 0.279. The monoisotopic (exact) mass is 365 g/mol. The number of aromatic amines is 1. The Kier molecular flexibility index (Phi) is 3.99. The van der Waals surface area contributed by atoms with Gasteiger partial charge in [-0.05, 0) is 48.4 Å². The first kappa shape index (κ1) is 17.0. The van der Waals surface area contributed by atoms with Crippen LogP contribution >= 0.6 is 0 Å². The van der Waals surface area contributed by atoms with Gasteiger partial charge in [-0.15, -0.1) is 0 Å². The molecule has 0 bridgehead atoms. The van der Waals surface area contributed by atoms with Crippen molar-refractivity contribution in [3.8, 4) is 28.4 Å². The molecule has 0 saturated heterocycles. The summed E-state index contributed by atoms with van der Waals surface area (Å²) in [4.78, 5) is 12.3. The molecule has 0 aliphatic rings. The number of benzene rings is 2. The second-order valence-corrected chi connectivity index (χ2v) is 6.19. The molecule has 2 aromatic heterocycles. The average molecular weight is 365 g/mol. The first-order valence-electron chi connectivity index (χ1n) is 8.38. The number of aromatic nitrogens is 3. The zero-order valence-corrected chi connectivity index (χ0v) is 15.5. The summed E-state index contributed by atoms with van der Waals surface area (Å²) in [5.41, 5.74) is 3.79. The highest BCUT2D eigenvalue weighted by Crippen LogP contribution is 2.39. The smallest absolute Gasteiger partial charge is 0.348 e. The topological polar surface area (TPSA) is 77.9 Å². The Balaban J connectivity index is 2.07. The van der Waals surface area contributed by atoms with Crippen LogP contribution in [0.3, 0.4) is 0 Å². The van der Waals surface area contributed by atoms with Gasteiger partial charge in [0.05, 0.1) is 26.8 Å². The quantitative estimate of drug-likeness (QED) is 0.601. The van der Waals surface area contributed by atoms with Gasteiger partial charge in [0, 0.05) is 10.9 Å². The van der Waals surface area contributed by atoms with Crippen LogP contribution in [-0.4, -0.2) is 35.9 Å². The van der Waals surface area contributed by atoms with E-state index >= 15 is 0 Å². The number of nitrogens with zero attached hydrogens (tertiary/aromatic N) is 2. The lowest BCUT2D eigenvalue weighted by molar-refractivity contribution is 0.355. The second kappa shape index (κ2) is 6.35. The van der Waals surface area contributed by atoms with Crippen LogP contribution in [0.25, 0.3) is 27.7 Å². The predicted molar refractivity (Wildman–Crippen MR) is 103 cm³/mol. The zero-order valence-electron chi connectivity index (χ0n) is 15.5. The summed E-state index contributed by atoms with van der Waals surface area (Å²) in [6.45, 7) is 1.98. The molecule has 2 heterocycles. The van der Waals surface area contributed by atoms with Gasteiger partial charge in [0.2, 0.25) is 0 Å². The molecule has 0 atom stereocenters. The summed E-state index contributed by atoms with van der Waals surface area (Å²) in [6.07, 6.45) is 0. The molecule has 0 fully saturated rings. The molecule has 7 heteroatoms. The maximum Gasteiger partial charge on any atom is 0.348 e. The van der Waals surface area contributed by atoms with Crippen molar-refractivity contribution in [3.05, 3.63) is 52.4 Å². The van der Waals surface area contributed by atoms with Gasteiger partial charge in [-0.1, -0.05) is 6.07 Å². The Morgan fingerprint density at radius 1 is 0.926 bits per heavy atom. The molecule has 2 aromatic carbocycles. The van der Waals surface area contributed by atoms with Gasteiger partial charge < -0.3 is 14.2 Å². The molecule has 0 radical (unpaired) electrons. The fraction of sp³-hybridized carbons (Fsp3) is 0.200. The van der Waals surface area contributed by atoms with E-state index in [1.807, 2.05) is 43.3 Å². The Morgan fingerprint density at radius 3 is 2.37 bits per heavy atom. The molecular formula is C20H19N3O4. The average Bonchev–Trinajstić information content (AvgIpc) is 3.07. The van der Waals surface area contributed by atoms with Crippen molar-refractivity contribution in [2.45, 2.75) is 6.92 Å². The van der Waals surface area contributed by atoms with Crippen molar-refractivity contribution < 1.29 is 14.2 Å². The van der Waals surface area contributed by atoms with Gasteiger partial charge >= 0.3 is 5.69 Å². The number of nitrogens with one attached hydrogen (secondary N) is 1. The van der Waals surface area contributed by atoms with Crippen molar-refractivity contribution in [1.29, 1.82) is 0 Å². The number of H-pyrrole nitrogens is 1. The number of methoxy groups -OCH3 is 3. The summed E-state index contributed by atoms with van der Waals surface area (Å²) in [5, 5.41) is 7.51. The summed E-state index contributed by atoms with van der Waals surface area (Å²) >= 11 is 0. The number of pyridine rings is 1. The number of fused-ring (bicyclic) bond motifs is 3. The molecule has 7 nitrogen and oxygen atoms in total. The number of rotatable bonds is 4. The van der Waals surface area contributed by atoms with Crippen molar-refractivity contribution >= 4 is 16.6 Å². The Labute approximate surface area is 155 Å². The van der Waals surface area contributed by atoms with E-state index in [1.54, 1.807) is 25.7 Å². The van der Waals surface area contributed by atoms with Crippen LogP contribution in [-0.2, 0) is 0 Å². The van der Waals surface area contributed by atoms with Gasteiger partial charge in [-0.2, -0.15) is 5.10 Å². The van der Waals surface area contributed by atoms with E-state index < -0.39 is 0 Å². The molecule has 4 aromatic rings. The van der Waals surface area contributed by atoms with Crippen molar-refractivity contribution in [3.63, 3.8) is 0 Å². The second-order valence-electron chi connectivity index (χ2n) is 6.19. The molecule has 0 spiro atoms. The van der Waals surface area contributed by atoms with E-state index in [0.29, 0.717) is 22.9 Å². The maximum absolute atomic E-state index is 12.3. The molecule has 0 unspecified atom stereocenters. The Morgan fingerprint density at radius 2 is 1.67 bits per heavy atom. The van der Waals surface area contributed by atoms with Gasteiger partial charge in [0.1, 0.15) is 5.75 Å². The van der Waals surface area contributed by atoms with E-state index in [1.165, 1.54) is 0 Å². The number of aryl methyl sites for hydroxylation is 1. The highest BCUT2D eigenvalue weighted by atomic mass is 16.5. The van der Waals surface area contributed by atoms with Gasteiger partial charge in [-0.25, -0.2) is 14.3 Å². The van der Waals surface area contributed by atoms with Gasteiger partial charge in [0.15, 0.2) is 17.1 Å². The molecule has 0 aliphatic heterocycles. The molecule has 0 amide bonds. The molecule has 0 saturated carbocycles. The fourth-order valence-electron chi connectivity index (χ4n) is 3.38. The number of hydrogen-bond acceptors (Lipinski definition) is 5. The van der Waals surface area contributed by atoms with Crippen LogP contribution in [0.15, 0.2) is 41.2 Å². The predicted octanol–water partition coefficient (Wildman–Crippen LogP) is 3.18. The standard InChI is InChI=1S/C20H19N3O4/c1-11-7-19-21-22-20(24)23(19)15-9-14(17(26-3)10-13(11)15)12-5-6-16(25-2)18(8-12)27-4/h5-10H,1-4H3,(H,22,24). The Hall–Kier alpha value is -3.48. The largest absolute Gasteiger partial charge is 0.496 e. The molecule has 27 heavy (non-hydrogen) atoms. The lowest BCUT2D eigenvalue weighted by atomic mass is 10.00. The van der Waals surface area contributed by atoms with Crippen LogP contribution < -0.4 is 19.9 Å². The summed E-state index contributed by atoms with van der Waals surface area (Å²) in [7, 11) is 4.82. The lowest BCUT2D eigenvalue weighted by Crippen LogP contribution is -2.10. The minimum atomic E-state index is -0.279. The van der Waals surface area contributed by atoms with Crippen molar-refractivity contribution in [1.82, 2.24) is 14.6 Å². The van der Waals surface area contributed by atoms with E-state index in [0.717, 1.165) is 27.6 Å². The van der Waals surface area contributed by atoms with Gasteiger partial charge in [-0.3, -0.25) is 0 Å². The van der Waals surface area contributed by atoms with Gasteiger partial charge in [0.25, 0.3) is 0 Å². The van der Waals surface area contributed by atoms with E-state index in [-0.39, 0.29) is 5.69 Å². The summed E-state index contributed by atoms with van der Waals surface area (Å²) in [5.74, 6) is 1.96. The molecular weight excluding hydrogens is 346 g/mol. The SMILES string of the molecule is COc1ccc(-c2cc3c(cc2OC)c(C)cc2n[nH]c(=O)n23)cc1OC. The van der Waals surface area contributed by atoms with E-state index in [4.69, 9.17) is 14.2 Å². The van der Waals surface area contributed by atoms with Crippen molar-refractivity contribution in [2.75, 3.05) is 21.3 Å². The summed E-state index contributed by atoms with van der Waals surface area (Å²) < 4.78 is 17.9. The molecule has 4 rings (SSSR count). The molecule has 0 aliphatic carbocycles. The fourth-order valence-corrected chi connectivity index (χ4v) is 3.38. The number of ether oxygens (including phenoxy) is 3. The minimum Gasteiger partial charge on any atom is -0.496 e. The van der Waals surface area contributed by atoms with E-state index in [2.05, 4.69) is 10.2 Å². The van der Waals surface area contributed by atoms with Crippen molar-refractivity contribution in [2.24, 2.45) is 0 Å². The van der Waals surface area contributed by atoms with Crippen LogP contribution in [0.2, 0.25) is 0 Å². The highest BCUT2D eigenvalue weighted by molar-refractivity contribution is 5.92. The third kappa shape index (κ3) is 2.59. The zero-order chi connectivity index (χ0) is 19.1. The third-order valence-corrected chi connectivity index (χ3v) is 4.72. The molecule has 1 N–H and O–H groups in total. The first-order valence-corrected chi connectivity index (χ1v) is 8.38. The maximum atomic E-state index is 12.3. The first-order chi connectivity index (χ1) is 13.1.